The van der Waals surface area contributed by atoms with Crippen LogP contribution in [0.3, 0.4) is 0 Å². The van der Waals surface area contributed by atoms with Crippen LogP contribution in [0.1, 0.15) is 25.7 Å². The van der Waals surface area contributed by atoms with Crippen LogP contribution in [0.4, 0.5) is 0 Å². The normalized spacial score (nSPS) is 37.7. The maximum Gasteiger partial charge on any atom is 0.306 e. The van der Waals surface area contributed by atoms with Crippen LogP contribution in [0.2, 0.25) is 0 Å². The molecule has 0 radical (unpaired) electrons. The number of carbonyl (C=O) groups is 1. The monoisotopic (exact) mass is 183 g/mol. The fraction of sp³-hybridized carbons (Fsp3) is 0.875. The van der Waals surface area contributed by atoms with Gasteiger partial charge >= 0.3 is 5.97 Å². The van der Waals surface area contributed by atoms with E-state index in [-0.39, 0.29) is 11.5 Å². The lowest BCUT2D eigenvalue weighted by molar-refractivity contribution is -0.143. The van der Waals surface area contributed by atoms with E-state index in [1.807, 2.05) is 0 Å². The Morgan fingerprint density at radius 1 is 1.46 bits per heavy atom. The van der Waals surface area contributed by atoms with Crippen molar-refractivity contribution < 1.29 is 9.90 Å². The number of rotatable bonds is 1. The molecule has 1 heterocycles. The minimum absolute atomic E-state index is 0.00799. The second-order valence-corrected chi connectivity index (χ2v) is 3.90. The van der Waals surface area contributed by atoms with Gasteiger partial charge in [-0.3, -0.25) is 10.2 Å². The predicted octanol–water partition coefficient (Wildman–Crippen LogP) is 0.970. The number of hydrogen-bond acceptors (Lipinski definition) is 4. The second kappa shape index (κ2) is 2.97. The van der Waals surface area contributed by atoms with E-state index in [1.165, 1.54) is 0 Å². The Labute approximate surface area is 76.2 Å². The van der Waals surface area contributed by atoms with Gasteiger partial charge in [0.2, 0.25) is 0 Å². The zero-order chi connectivity index (χ0) is 9.31. The molecule has 2 aliphatic rings. The molecule has 72 valence electrons. The molecule has 1 saturated carbocycles. The molecule has 0 amide bonds. The molecule has 0 atom stereocenters. The minimum atomic E-state index is -0.665. The largest absolute Gasteiger partial charge is 0.481 e. The predicted molar refractivity (Wildman–Crippen MR) is 45.2 cm³/mol. The Bertz CT molecular complexity index is 234. The van der Waals surface area contributed by atoms with Crippen molar-refractivity contribution in [3.63, 3.8) is 0 Å². The molecular weight excluding hydrogens is 170 g/mol. The first-order valence-corrected chi connectivity index (χ1v) is 4.58. The Balaban J connectivity index is 1.92. The SMILES string of the molecule is O=C(O)C1CCC2(CC1)CN=NN2. The van der Waals surface area contributed by atoms with Crippen molar-refractivity contribution >= 4 is 5.97 Å². The van der Waals surface area contributed by atoms with Crippen molar-refractivity contribution in [3.05, 3.63) is 0 Å². The van der Waals surface area contributed by atoms with Crippen LogP contribution in [0.5, 0.6) is 0 Å². The molecular formula is C8H13N3O2. The smallest absolute Gasteiger partial charge is 0.306 e. The third kappa shape index (κ3) is 1.50. The first-order chi connectivity index (χ1) is 6.22. The summed E-state index contributed by atoms with van der Waals surface area (Å²) in [6.07, 6.45) is 3.23. The summed E-state index contributed by atoms with van der Waals surface area (Å²) in [6.45, 7) is 0.708. The molecule has 0 aromatic carbocycles. The highest BCUT2D eigenvalue weighted by Crippen LogP contribution is 2.34. The van der Waals surface area contributed by atoms with Gasteiger partial charge in [0.25, 0.3) is 0 Å². The number of aliphatic carboxylic acids is 1. The van der Waals surface area contributed by atoms with Crippen LogP contribution in [-0.2, 0) is 4.79 Å². The fourth-order valence-electron chi connectivity index (χ4n) is 2.03. The lowest BCUT2D eigenvalue weighted by Crippen LogP contribution is -2.45. The molecule has 1 aliphatic heterocycles. The van der Waals surface area contributed by atoms with Crippen LogP contribution in [0.25, 0.3) is 0 Å². The summed E-state index contributed by atoms with van der Waals surface area (Å²) >= 11 is 0. The Morgan fingerprint density at radius 2 is 2.15 bits per heavy atom. The van der Waals surface area contributed by atoms with Crippen LogP contribution < -0.4 is 5.43 Å². The number of carboxylic acid groups (broad SMARTS) is 1. The lowest BCUT2D eigenvalue weighted by Gasteiger charge is -2.33. The molecule has 13 heavy (non-hydrogen) atoms. The van der Waals surface area contributed by atoms with Crippen LogP contribution in [-0.4, -0.2) is 23.2 Å². The molecule has 1 fully saturated rings. The van der Waals surface area contributed by atoms with E-state index in [2.05, 4.69) is 15.8 Å². The Morgan fingerprint density at radius 3 is 2.62 bits per heavy atom. The molecule has 0 aromatic rings. The van der Waals surface area contributed by atoms with E-state index in [0.717, 1.165) is 25.7 Å². The van der Waals surface area contributed by atoms with E-state index >= 15 is 0 Å². The van der Waals surface area contributed by atoms with Crippen LogP contribution in [0, 0.1) is 5.92 Å². The molecule has 1 aliphatic carbocycles. The molecule has 2 rings (SSSR count). The highest BCUT2D eigenvalue weighted by atomic mass is 16.4. The molecule has 0 bridgehead atoms. The first kappa shape index (κ1) is 8.47. The van der Waals surface area contributed by atoms with Gasteiger partial charge in [0.05, 0.1) is 18.0 Å². The maximum atomic E-state index is 10.7. The number of nitrogens with zero attached hydrogens (tertiary/aromatic N) is 2. The highest BCUT2D eigenvalue weighted by Gasteiger charge is 2.39. The maximum absolute atomic E-state index is 10.7. The van der Waals surface area contributed by atoms with Crippen molar-refractivity contribution in [2.24, 2.45) is 16.3 Å². The molecule has 5 heteroatoms. The van der Waals surface area contributed by atoms with Crippen molar-refractivity contribution in [1.82, 2.24) is 5.43 Å². The fourth-order valence-corrected chi connectivity index (χ4v) is 2.03. The summed E-state index contributed by atoms with van der Waals surface area (Å²) in [5.41, 5.74) is 2.99. The summed E-state index contributed by atoms with van der Waals surface area (Å²) in [7, 11) is 0. The quantitative estimate of drug-likeness (QED) is 0.636. The van der Waals surface area contributed by atoms with E-state index in [1.54, 1.807) is 0 Å². The number of carboxylic acids is 1. The van der Waals surface area contributed by atoms with E-state index < -0.39 is 5.97 Å². The summed E-state index contributed by atoms with van der Waals surface area (Å²) < 4.78 is 0. The van der Waals surface area contributed by atoms with Gasteiger partial charge in [-0.2, -0.15) is 5.11 Å². The van der Waals surface area contributed by atoms with Gasteiger partial charge in [-0.05, 0) is 25.7 Å². The van der Waals surface area contributed by atoms with Crippen molar-refractivity contribution in [2.75, 3.05) is 6.54 Å². The van der Waals surface area contributed by atoms with Gasteiger partial charge in [-0.15, -0.1) is 0 Å². The van der Waals surface area contributed by atoms with Gasteiger partial charge in [0.1, 0.15) is 0 Å². The van der Waals surface area contributed by atoms with Crippen molar-refractivity contribution in [1.29, 1.82) is 0 Å². The van der Waals surface area contributed by atoms with Crippen molar-refractivity contribution in [2.45, 2.75) is 31.2 Å². The summed E-state index contributed by atoms with van der Waals surface area (Å²) in [4.78, 5) is 10.7. The average molecular weight is 183 g/mol. The second-order valence-electron chi connectivity index (χ2n) is 3.90. The molecule has 2 N–H and O–H groups in total. The third-order valence-corrected chi connectivity index (χ3v) is 3.02. The van der Waals surface area contributed by atoms with Gasteiger partial charge in [-0.1, -0.05) is 5.22 Å². The van der Waals surface area contributed by atoms with Gasteiger partial charge in [0, 0.05) is 0 Å². The minimum Gasteiger partial charge on any atom is -0.481 e. The Hall–Kier alpha value is -1.13. The topological polar surface area (TPSA) is 74.0 Å². The van der Waals surface area contributed by atoms with Crippen LogP contribution in [0.15, 0.2) is 10.3 Å². The van der Waals surface area contributed by atoms with E-state index in [4.69, 9.17) is 5.11 Å². The van der Waals surface area contributed by atoms with Crippen molar-refractivity contribution in [3.8, 4) is 0 Å². The zero-order valence-corrected chi connectivity index (χ0v) is 7.36. The summed E-state index contributed by atoms with van der Waals surface area (Å²) in [6, 6.07) is 0. The molecule has 0 aromatic heterocycles. The lowest BCUT2D eigenvalue weighted by atomic mass is 9.77. The summed E-state index contributed by atoms with van der Waals surface area (Å²) in [5, 5.41) is 16.5. The molecule has 1 spiro atoms. The van der Waals surface area contributed by atoms with Gasteiger partial charge < -0.3 is 5.11 Å². The summed E-state index contributed by atoms with van der Waals surface area (Å²) in [5.74, 6) is -0.824. The van der Waals surface area contributed by atoms with Gasteiger partial charge in [0.15, 0.2) is 0 Å². The first-order valence-electron chi connectivity index (χ1n) is 4.58. The van der Waals surface area contributed by atoms with Gasteiger partial charge in [-0.25, -0.2) is 0 Å². The zero-order valence-electron chi connectivity index (χ0n) is 7.36. The molecule has 0 saturated heterocycles. The average Bonchev–Trinajstić information content (AvgIpc) is 2.54. The van der Waals surface area contributed by atoms with E-state index in [0.29, 0.717) is 6.54 Å². The van der Waals surface area contributed by atoms with E-state index in [9.17, 15) is 4.79 Å². The third-order valence-electron chi connectivity index (χ3n) is 3.02. The molecule has 0 unspecified atom stereocenters. The molecule has 5 nitrogen and oxygen atoms in total. The standard InChI is InChI=1S/C8H13N3O2/c12-7(13)6-1-3-8(4-2-6)5-9-11-10-8/h6H,1-5H2,(H,9,10)(H,12,13). The highest BCUT2D eigenvalue weighted by molar-refractivity contribution is 5.70. The number of nitrogens with one attached hydrogen (secondary N) is 1. The Kier molecular flexibility index (Phi) is 1.94. The van der Waals surface area contributed by atoms with Crippen LogP contribution >= 0.6 is 0 Å². The number of hydrogen-bond donors (Lipinski definition) is 2.